The van der Waals surface area contributed by atoms with Crippen molar-refractivity contribution in [3.05, 3.63) is 59.1 Å². The van der Waals surface area contributed by atoms with Gasteiger partial charge < -0.3 is 5.11 Å². The number of carboxylic acids is 1. The maximum Gasteiger partial charge on any atom is 0.331 e. The van der Waals surface area contributed by atoms with Gasteiger partial charge in [0.05, 0.1) is 0 Å². The predicted molar refractivity (Wildman–Crippen MR) is 83.4 cm³/mol. The molecule has 0 aliphatic heterocycles. The Bertz CT molecular complexity index is 814. The van der Waals surface area contributed by atoms with Crippen molar-refractivity contribution in [2.75, 3.05) is 0 Å². The van der Waals surface area contributed by atoms with Crippen LogP contribution in [0.1, 0.15) is 12.5 Å². The number of carbonyl (C=O) groups is 1. The van der Waals surface area contributed by atoms with Crippen molar-refractivity contribution in [3.8, 4) is 11.1 Å². The zero-order valence-corrected chi connectivity index (χ0v) is 13.1. The number of benzene rings is 2. The van der Waals surface area contributed by atoms with E-state index in [0.717, 1.165) is 12.5 Å². The van der Waals surface area contributed by atoms with Crippen molar-refractivity contribution in [1.82, 2.24) is 0 Å². The molecular weight excluding hydrogens is 328 g/mol. The molecule has 7 heteroatoms. The first-order chi connectivity index (χ1) is 10.2. The molecule has 0 heterocycles. The molecule has 22 heavy (non-hydrogen) atoms. The van der Waals surface area contributed by atoms with E-state index in [4.69, 9.17) is 11.6 Å². The van der Waals surface area contributed by atoms with Crippen LogP contribution < -0.4 is 0 Å². The molecular formula is C15H13ClO5S. The number of hydrogen-bond donors (Lipinski definition) is 2. The van der Waals surface area contributed by atoms with Crippen LogP contribution in [-0.4, -0.2) is 24.0 Å². The summed E-state index contributed by atoms with van der Waals surface area (Å²) in [4.78, 5) is 11.3. The Kier molecular flexibility index (Phi) is 4.28. The third kappa shape index (κ3) is 2.72. The predicted octanol–water partition coefficient (Wildman–Crippen LogP) is 3.19. The molecule has 2 rings (SSSR count). The molecule has 0 spiro atoms. The average molecular weight is 341 g/mol. The Balaban J connectivity index is 2.53. The van der Waals surface area contributed by atoms with Crippen LogP contribution in [0.3, 0.4) is 0 Å². The lowest BCUT2D eigenvalue weighted by Crippen LogP contribution is -2.40. The molecule has 0 aliphatic carbocycles. The number of hydrogen-bond acceptors (Lipinski definition) is 3. The highest BCUT2D eigenvalue weighted by molar-refractivity contribution is 7.87. The molecule has 0 amide bonds. The van der Waals surface area contributed by atoms with Gasteiger partial charge in [0.25, 0.3) is 10.1 Å². The summed E-state index contributed by atoms with van der Waals surface area (Å²) < 4.78 is 29.8. The summed E-state index contributed by atoms with van der Waals surface area (Å²) >= 11 is 6.08. The van der Waals surface area contributed by atoms with E-state index in [2.05, 4.69) is 0 Å². The summed E-state index contributed by atoms with van der Waals surface area (Å²) in [5.74, 6) is -1.65. The van der Waals surface area contributed by atoms with E-state index in [-0.39, 0.29) is 5.56 Å². The van der Waals surface area contributed by atoms with Crippen LogP contribution in [0.4, 0.5) is 0 Å². The first-order valence-corrected chi connectivity index (χ1v) is 8.05. The molecule has 0 aliphatic rings. The van der Waals surface area contributed by atoms with Crippen molar-refractivity contribution in [2.45, 2.75) is 11.7 Å². The molecule has 0 saturated carbocycles. The molecule has 0 radical (unpaired) electrons. The second kappa shape index (κ2) is 5.72. The molecule has 5 nitrogen and oxygen atoms in total. The summed E-state index contributed by atoms with van der Waals surface area (Å²) in [6.07, 6.45) is 0. The van der Waals surface area contributed by atoms with Gasteiger partial charge in [0.2, 0.25) is 4.75 Å². The maximum atomic E-state index is 11.5. The third-order valence-electron chi connectivity index (χ3n) is 3.54. The van der Waals surface area contributed by atoms with Gasteiger partial charge in [-0.25, -0.2) is 0 Å². The van der Waals surface area contributed by atoms with Gasteiger partial charge in [-0.1, -0.05) is 54.1 Å². The van der Waals surface area contributed by atoms with E-state index < -0.39 is 20.8 Å². The molecule has 0 saturated heterocycles. The Hall–Kier alpha value is -1.89. The van der Waals surface area contributed by atoms with E-state index in [0.29, 0.717) is 10.6 Å². The van der Waals surface area contributed by atoms with Crippen molar-refractivity contribution in [3.63, 3.8) is 0 Å². The molecule has 2 N–H and O–H groups in total. The van der Waals surface area contributed by atoms with Crippen molar-refractivity contribution < 1.29 is 22.9 Å². The first-order valence-electron chi connectivity index (χ1n) is 6.24. The quantitative estimate of drug-likeness (QED) is 0.834. The van der Waals surface area contributed by atoms with E-state index >= 15 is 0 Å². The molecule has 2 aromatic carbocycles. The van der Waals surface area contributed by atoms with Crippen molar-refractivity contribution in [2.24, 2.45) is 0 Å². The average Bonchev–Trinajstić information content (AvgIpc) is 2.46. The number of carboxylic acid groups (broad SMARTS) is 1. The SMILES string of the molecule is CC(C(=O)O)(c1ccc(-c2ccccc2Cl)cc1)S(=O)(=O)O. The van der Waals surface area contributed by atoms with Gasteiger partial charge in [-0.15, -0.1) is 0 Å². The Morgan fingerprint density at radius 2 is 1.64 bits per heavy atom. The molecule has 0 bridgehead atoms. The fraction of sp³-hybridized carbons (Fsp3) is 0.133. The van der Waals surface area contributed by atoms with Crippen LogP contribution in [0.2, 0.25) is 5.02 Å². The van der Waals surface area contributed by atoms with Crippen LogP contribution in [0.15, 0.2) is 48.5 Å². The minimum absolute atomic E-state index is 0.0432. The normalized spacial score (nSPS) is 14.3. The van der Waals surface area contributed by atoms with Crippen LogP contribution in [0.25, 0.3) is 11.1 Å². The highest BCUT2D eigenvalue weighted by Crippen LogP contribution is 2.33. The Morgan fingerprint density at radius 3 is 2.09 bits per heavy atom. The Morgan fingerprint density at radius 1 is 1.09 bits per heavy atom. The molecule has 0 aromatic heterocycles. The molecule has 1 unspecified atom stereocenters. The minimum atomic E-state index is -4.83. The van der Waals surface area contributed by atoms with Gasteiger partial charge in [0, 0.05) is 10.6 Å². The van der Waals surface area contributed by atoms with Crippen molar-refractivity contribution >= 4 is 27.7 Å². The highest BCUT2D eigenvalue weighted by atomic mass is 35.5. The first kappa shape index (κ1) is 16.5. The van der Waals surface area contributed by atoms with Crippen LogP contribution in [-0.2, 0) is 19.7 Å². The molecule has 2 aromatic rings. The topological polar surface area (TPSA) is 91.7 Å². The smallest absolute Gasteiger partial charge is 0.331 e. The molecule has 1 atom stereocenters. The van der Waals surface area contributed by atoms with E-state index in [1.165, 1.54) is 12.1 Å². The summed E-state index contributed by atoms with van der Waals surface area (Å²) in [6.45, 7) is 0.940. The Labute approximate surface area is 132 Å². The van der Waals surface area contributed by atoms with Gasteiger partial charge in [-0.3, -0.25) is 9.35 Å². The molecule has 116 valence electrons. The summed E-state index contributed by atoms with van der Waals surface area (Å²) in [5, 5.41) is 9.71. The van der Waals surface area contributed by atoms with Gasteiger partial charge in [-0.05, 0) is 24.1 Å². The largest absolute Gasteiger partial charge is 0.480 e. The van der Waals surface area contributed by atoms with Crippen LogP contribution in [0, 0.1) is 0 Å². The fourth-order valence-electron chi connectivity index (χ4n) is 2.05. The number of rotatable bonds is 4. The standard InChI is InChI=1S/C15H13ClO5S/c1-15(14(17)18,22(19,20)21)11-8-6-10(7-9-11)12-4-2-3-5-13(12)16/h2-9H,1H3,(H,17,18)(H,19,20,21). The molecule has 0 fully saturated rings. The minimum Gasteiger partial charge on any atom is -0.480 e. The van der Waals surface area contributed by atoms with Gasteiger partial charge in [0.1, 0.15) is 0 Å². The lowest BCUT2D eigenvalue weighted by atomic mass is 9.97. The van der Waals surface area contributed by atoms with Gasteiger partial charge in [-0.2, -0.15) is 8.42 Å². The zero-order chi connectivity index (χ0) is 16.5. The zero-order valence-electron chi connectivity index (χ0n) is 11.5. The van der Waals surface area contributed by atoms with E-state index in [1.807, 2.05) is 0 Å². The fourth-order valence-corrected chi connectivity index (χ4v) is 2.95. The maximum absolute atomic E-state index is 11.5. The number of halogens is 1. The van der Waals surface area contributed by atoms with E-state index in [9.17, 15) is 22.9 Å². The second-order valence-electron chi connectivity index (χ2n) is 4.87. The highest BCUT2D eigenvalue weighted by Gasteiger charge is 2.47. The van der Waals surface area contributed by atoms with Crippen LogP contribution in [0.5, 0.6) is 0 Å². The lowest BCUT2D eigenvalue weighted by molar-refractivity contribution is -0.140. The van der Waals surface area contributed by atoms with Gasteiger partial charge >= 0.3 is 5.97 Å². The van der Waals surface area contributed by atoms with E-state index in [1.54, 1.807) is 36.4 Å². The summed E-state index contributed by atoms with van der Waals surface area (Å²) in [7, 11) is -4.83. The monoisotopic (exact) mass is 340 g/mol. The summed E-state index contributed by atoms with van der Waals surface area (Å²) in [6, 6.07) is 12.9. The number of aliphatic carboxylic acids is 1. The van der Waals surface area contributed by atoms with Crippen LogP contribution >= 0.6 is 11.6 Å². The van der Waals surface area contributed by atoms with Gasteiger partial charge in [0.15, 0.2) is 0 Å². The third-order valence-corrected chi connectivity index (χ3v) is 5.32. The van der Waals surface area contributed by atoms with Crippen molar-refractivity contribution in [1.29, 1.82) is 0 Å². The lowest BCUT2D eigenvalue weighted by Gasteiger charge is -2.22. The summed E-state index contributed by atoms with van der Waals surface area (Å²) in [5.41, 5.74) is 1.40. The second-order valence-corrected chi connectivity index (χ2v) is 7.04.